The Kier molecular flexibility index (Phi) is 39.5. The zero-order chi connectivity index (χ0) is 47.4. The summed E-state index contributed by atoms with van der Waals surface area (Å²) >= 11 is 0. The van der Waals surface area contributed by atoms with E-state index in [1.165, 1.54) is 51.4 Å². The summed E-state index contributed by atoms with van der Waals surface area (Å²) in [5.41, 5.74) is 0. The zero-order valence-corrected chi connectivity index (χ0v) is 42.1. The highest BCUT2D eigenvalue weighted by molar-refractivity contribution is 5.71. The number of carbonyl (C=O) groups is 4. The summed E-state index contributed by atoms with van der Waals surface area (Å²) in [5, 5.41) is 0. The quantitative estimate of drug-likeness (QED) is 0.0256. The summed E-state index contributed by atoms with van der Waals surface area (Å²) in [4.78, 5) is 53.6. The van der Waals surface area contributed by atoms with Crippen LogP contribution in [0.25, 0.3) is 0 Å². The van der Waals surface area contributed by atoms with E-state index in [1.807, 2.05) is 19.0 Å². The first-order valence-electron chi connectivity index (χ1n) is 26.3. The summed E-state index contributed by atoms with van der Waals surface area (Å²) in [6.07, 6.45) is 49.5. The molecule has 9 nitrogen and oxygen atoms in total. The van der Waals surface area contributed by atoms with Crippen molar-refractivity contribution in [3.63, 3.8) is 0 Å². The fourth-order valence-electron chi connectivity index (χ4n) is 8.06. The van der Waals surface area contributed by atoms with Gasteiger partial charge in [0.1, 0.15) is 19.3 Å². The highest BCUT2D eigenvalue weighted by atomic mass is 16.6. The molecule has 0 saturated heterocycles. The van der Waals surface area contributed by atoms with Crippen LogP contribution in [0.15, 0.2) is 60.8 Å². The molecule has 0 N–H and O–H groups in total. The van der Waals surface area contributed by atoms with Gasteiger partial charge in [0.25, 0.3) is 0 Å². The summed E-state index contributed by atoms with van der Waals surface area (Å²) in [6.45, 7) is 6.82. The molecule has 1 saturated carbocycles. The largest absolute Gasteiger partial charge is 0.462 e. The molecule has 0 radical (unpaired) electrons. The Morgan fingerprint density at radius 1 is 0.523 bits per heavy atom. The van der Waals surface area contributed by atoms with Gasteiger partial charge in [0.05, 0.1) is 6.42 Å². The van der Waals surface area contributed by atoms with Gasteiger partial charge in [0.15, 0.2) is 6.10 Å². The van der Waals surface area contributed by atoms with E-state index in [1.54, 1.807) is 0 Å². The fraction of sp³-hybridized carbons (Fsp3) is 0.750. The predicted molar refractivity (Wildman–Crippen MR) is 268 cm³/mol. The molecule has 0 aliphatic heterocycles. The van der Waals surface area contributed by atoms with Gasteiger partial charge in [-0.2, -0.15) is 0 Å². The van der Waals surface area contributed by atoms with Gasteiger partial charge in [0, 0.05) is 31.7 Å². The van der Waals surface area contributed by atoms with Crippen LogP contribution in [0.1, 0.15) is 213 Å². The molecule has 1 aliphatic rings. The Labute approximate surface area is 397 Å². The maximum absolute atomic E-state index is 13.3. The van der Waals surface area contributed by atoms with Crippen molar-refractivity contribution in [2.45, 2.75) is 226 Å². The van der Waals surface area contributed by atoms with Crippen LogP contribution in [0, 0.1) is 11.8 Å². The first kappa shape index (κ1) is 59.6. The molecule has 65 heavy (non-hydrogen) atoms. The lowest BCUT2D eigenvalue weighted by Gasteiger charge is -2.24. The van der Waals surface area contributed by atoms with Crippen molar-refractivity contribution in [1.82, 2.24) is 4.90 Å². The third kappa shape index (κ3) is 36.4. The first-order valence-corrected chi connectivity index (χ1v) is 26.3. The summed E-state index contributed by atoms with van der Waals surface area (Å²) in [7, 11) is 3.85. The van der Waals surface area contributed by atoms with Crippen LogP contribution in [-0.2, 0) is 38.1 Å². The van der Waals surface area contributed by atoms with E-state index in [9.17, 15) is 19.2 Å². The van der Waals surface area contributed by atoms with Gasteiger partial charge in [-0.25, -0.2) is 0 Å². The Morgan fingerprint density at radius 2 is 1.02 bits per heavy atom. The number of allylic oxidation sites excluding steroid dienone is 10. The molecular formula is C56H95NO8. The topological polar surface area (TPSA) is 108 Å². The number of esters is 4. The minimum atomic E-state index is -0.879. The van der Waals surface area contributed by atoms with E-state index in [4.69, 9.17) is 18.9 Å². The minimum Gasteiger partial charge on any atom is -0.462 e. The summed E-state index contributed by atoms with van der Waals surface area (Å²) < 4.78 is 23.0. The Bertz CT molecular complexity index is 1350. The van der Waals surface area contributed by atoms with Gasteiger partial charge in [-0.15, -0.1) is 0 Å². The lowest BCUT2D eigenvalue weighted by atomic mass is 9.88. The van der Waals surface area contributed by atoms with Crippen molar-refractivity contribution in [2.24, 2.45) is 11.8 Å². The second-order valence-electron chi connectivity index (χ2n) is 18.3. The summed E-state index contributed by atoms with van der Waals surface area (Å²) in [5.74, 6) is -1.31. The predicted octanol–water partition coefficient (Wildman–Crippen LogP) is 14.2. The Morgan fingerprint density at radius 3 is 1.54 bits per heavy atom. The van der Waals surface area contributed by atoms with E-state index in [2.05, 4.69) is 81.5 Å². The maximum atomic E-state index is 13.3. The molecule has 4 atom stereocenters. The van der Waals surface area contributed by atoms with Gasteiger partial charge in [0.2, 0.25) is 0 Å². The number of ether oxygens (including phenoxy) is 4. The average molecular weight is 910 g/mol. The molecule has 1 rings (SSSR count). The molecule has 1 fully saturated rings. The first-order chi connectivity index (χ1) is 31.7. The highest BCUT2D eigenvalue weighted by Crippen LogP contribution is 2.39. The number of hydrogen-bond acceptors (Lipinski definition) is 9. The van der Waals surface area contributed by atoms with Gasteiger partial charge < -0.3 is 23.8 Å². The van der Waals surface area contributed by atoms with Crippen molar-refractivity contribution in [3.05, 3.63) is 60.8 Å². The lowest BCUT2D eigenvalue weighted by Crippen LogP contribution is -2.31. The van der Waals surface area contributed by atoms with Crippen LogP contribution in [0.5, 0.6) is 0 Å². The van der Waals surface area contributed by atoms with Crippen LogP contribution in [0.2, 0.25) is 0 Å². The number of carbonyl (C=O) groups excluding carboxylic acids is 4. The maximum Gasteiger partial charge on any atom is 0.307 e. The van der Waals surface area contributed by atoms with Crippen LogP contribution >= 0.6 is 0 Å². The molecule has 372 valence electrons. The van der Waals surface area contributed by atoms with E-state index in [0.717, 1.165) is 103 Å². The fourth-order valence-corrected chi connectivity index (χ4v) is 8.06. The monoisotopic (exact) mass is 910 g/mol. The van der Waals surface area contributed by atoms with Crippen molar-refractivity contribution in [2.75, 3.05) is 33.9 Å². The van der Waals surface area contributed by atoms with Gasteiger partial charge in [-0.05, 0) is 123 Å². The van der Waals surface area contributed by atoms with E-state index in [-0.39, 0.29) is 61.9 Å². The number of unbranched alkanes of at least 4 members (excludes halogenated alkanes) is 16. The standard InChI is InChI=1S/C56H95NO8/c1-6-9-12-14-16-18-20-22-24-26-28-30-32-34-37-40-53(58)62-47-50(64-54(59)41-38-35-33-31-29-27-25-23-21-19-17-15-13-10-7-2)48-63-56(61)46-49-42-43-52(51(49)39-36-11-8-3)65-55(60)44-45-57(4)5/h11,16-19,22-25,36,49-52H,6-10,12-15,20-21,26-35,37-48H2,1-5H3/b18-16-,19-17-,24-22-,25-23-,36-11-. The van der Waals surface area contributed by atoms with Crippen LogP contribution < -0.4 is 0 Å². The molecular weight excluding hydrogens is 815 g/mol. The van der Waals surface area contributed by atoms with Gasteiger partial charge in [-0.3, -0.25) is 19.2 Å². The smallest absolute Gasteiger partial charge is 0.307 e. The Hall–Kier alpha value is -3.46. The van der Waals surface area contributed by atoms with E-state index < -0.39 is 12.1 Å². The molecule has 4 unspecified atom stereocenters. The highest BCUT2D eigenvalue weighted by Gasteiger charge is 2.39. The van der Waals surface area contributed by atoms with Gasteiger partial charge >= 0.3 is 23.9 Å². The van der Waals surface area contributed by atoms with Crippen LogP contribution in [0.4, 0.5) is 0 Å². The third-order valence-corrected chi connectivity index (χ3v) is 12.0. The molecule has 1 aliphatic carbocycles. The van der Waals surface area contributed by atoms with Crippen molar-refractivity contribution >= 4 is 23.9 Å². The Balaban J connectivity index is 2.60. The second kappa shape index (κ2) is 43.1. The normalized spacial score (nSPS) is 17.1. The lowest BCUT2D eigenvalue weighted by molar-refractivity contribution is -0.167. The summed E-state index contributed by atoms with van der Waals surface area (Å²) in [6, 6.07) is 0. The molecule has 0 aromatic rings. The molecule has 0 aromatic heterocycles. The average Bonchev–Trinajstić information content (AvgIpc) is 3.65. The number of hydrogen-bond donors (Lipinski definition) is 0. The second-order valence-corrected chi connectivity index (χ2v) is 18.3. The van der Waals surface area contributed by atoms with Crippen molar-refractivity contribution < 1.29 is 38.1 Å². The zero-order valence-electron chi connectivity index (χ0n) is 42.1. The molecule has 9 heteroatoms. The van der Waals surface area contributed by atoms with E-state index in [0.29, 0.717) is 32.2 Å². The van der Waals surface area contributed by atoms with Crippen LogP contribution in [-0.4, -0.2) is 74.8 Å². The molecule has 0 bridgehead atoms. The molecule has 0 heterocycles. The van der Waals surface area contributed by atoms with Crippen molar-refractivity contribution in [1.29, 1.82) is 0 Å². The van der Waals surface area contributed by atoms with Gasteiger partial charge in [-0.1, -0.05) is 146 Å². The number of nitrogens with zero attached hydrogens (tertiary/aromatic N) is 1. The SMILES string of the molecule is CC/C=C\CC1C(CC(=O)OCC(COC(=O)CCCCCCC/C=C\C/C=C\CCCCC)OC(=O)CCCCCCC/C=C\C/C=C\CCCCC)CCC1OC(=O)CCN(C)C. The molecule has 0 amide bonds. The minimum absolute atomic E-state index is 0.00319. The molecule has 0 spiro atoms. The van der Waals surface area contributed by atoms with E-state index >= 15 is 0 Å². The van der Waals surface area contributed by atoms with Crippen LogP contribution in [0.3, 0.4) is 0 Å². The molecule has 0 aromatic carbocycles. The number of rotatable bonds is 42. The van der Waals surface area contributed by atoms with Crippen molar-refractivity contribution in [3.8, 4) is 0 Å². The third-order valence-electron chi connectivity index (χ3n) is 12.0.